The summed E-state index contributed by atoms with van der Waals surface area (Å²) in [6.45, 7) is -0.988. The molecule has 1 aromatic rings. The third-order valence-electron chi connectivity index (χ3n) is 3.69. The van der Waals surface area contributed by atoms with E-state index in [0.717, 1.165) is 19.3 Å². The second kappa shape index (κ2) is 6.94. The van der Waals surface area contributed by atoms with Crippen LogP contribution in [0.5, 0.6) is 0 Å². The van der Waals surface area contributed by atoms with Crippen molar-refractivity contribution >= 4 is 15.9 Å². The predicted molar refractivity (Wildman–Crippen MR) is 76.0 cm³/mol. The van der Waals surface area contributed by atoms with Crippen LogP contribution >= 0.6 is 15.9 Å². The van der Waals surface area contributed by atoms with Crippen LogP contribution in [0.1, 0.15) is 35.2 Å². The fourth-order valence-corrected chi connectivity index (χ4v) is 3.67. The summed E-state index contributed by atoms with van der Waals surface area (Å²) in [6.07, 6.45) is -0.453. The minimum absolute atomic E-state index is 0.161. The van der Waals surface area contributed by atoms with Gasteiger partial charge in [0, 0.05) is 11.4 Å². The van der Waals surface area contributed by atoms with Crippen molar-refractivity contribution in [1.82, 2.24) is 0 Å². The Morgan fingerprint density at radius 1 is 1.25 bits per heavy atom. The first-order valence-corrected chi connectivity index (χ1v) is 7.75. The minimum atomic E-state index is -4.23. The van der Waals surface area contributed by atoms with Crippen LogP contribution in [0.2, 0.25) is 0 Å². The number of ether oxygens (including phenoxy) is 1. The van der Waals surface area contributed by atoms with E-state index in [1.165, 1.54) is 11.1 Å². The Bertz CT molecular complexity index is 433. The molecule has 0 radical (unpaired) electrons. The van der Waals surface area contributed by atoms with Crippen LogP contribution < -0.4 is 0 Å². The van der Waals surface area contributed by atoms with Gasteiger partial charge >= 0.3 is 6.18 Å². The zero-order valence-corrected chi connectivity index (χ0v) is 12.7. The normalized spacial score (nSPS) is 23.2. The quantitative estimate of drug-likeness (QED) is 0.419. The van der Waals surface area contributed by atoms with E-state index in [2.05, 4.69) is 28.1 Å². The Morgan fingerprint density at radius 3 is 2.75 bits per heavy atom. The lowest BCUT2D eigenvalue weighted by Gasteiger charge is -2.21. The smallest absolute Gasteiger partial charge is 0.372 e. The maximum Gasteiger partial charge on any atom is 0.411 e. The average molecular weight is 351 g/mol. The molecule has 0 aromatic heterocycles. The van der Waals surface area contributed by atoms with Crippen LogP contribution in [0, 0.1) is 5.92 Å². The molecule has 0 N–H and O–H groups in total. The Balaban J connectivity index is 1.90. The summed E-state index contributed by atoms with van der Waals surface area (Å²) < 4.78 is 40.8. The lowest BCUT2D eigenvalue weighted by Crippen LogP contribution is -2.19. The van der Waals surface area contributed by atoms with Gasteiger partial charge in [-0.15, -0.1) is 0 Å². The monoisotopic (exact) mass is 350 g/mol. The van der Waals surface area contributed by atoms with E-state index in [9.17, 15) is 13.2 Å². The van der Waals surface area contributed by atoms with Crippen molar-refractivity contribution in [1.29, 1.82) is 0 Å². The molecule has 0 heterocycles. The summed E-state index contributed by atoms with van der Waals surface area (Å²) in [5.41, 5.74) is 2.61. The molecule has 2 unspecified atom stereocenters. The van der Waals surface area contributed by atoms with Gasteiger partial charge in [0.25, 0.3) is 0 Å². The summed E-state index contributed by atoms with van der Waals surface area (Å²) in [7, 11) is 0. The van der Waals surface area contributed by atoms with Gasteiger partial charge in [-0.25, -0.2) is 0 Å². The molecular formula is C15H18BrF3O. The Morgan fingerprint density at radius 2 is 2.00 bits per heavy atom. The molecule has 0 spiro atoms. The molecule has 112 valence electrons. The highest BCUT2D eigenvalue weighted by atomic mass is 79.9. The van der Waals surface area contributed by atoms with Gasteiger partial charge in [0.2, 0.25) is 0 Å². The van der Waals surface area contributed by atoms with Gasteiger partial charge in [-0.05, 0) is 42.7 Å². The fourth-order valence-electron chi connectivity index (χ4n) is 2.70. The van der Waals surface area contributed by atoms with Crippen molar-refractivity contribution in [3.8, 4) is 0 Å². The molecule has 1 aliphatic carbocycles. The molecule has 0 bridgehead atoms. The van der Waals surface area contributed by atoms with Crippen LogP contribution in [0.15, 0.2) is 24.3 Å². The first kappa shape index (κ1) is 15.8. The molecule has 2 atom stereocenters. The van der Waals surface area contributed by atoms with Gasteiger partial charge in [0.15, 0.2) is 0 Å². The van der Waals surface area contributed by atoms with Crippen LogP contribution in [0.3, 0.4) is 0 Å². The van der Waals surface area contributed by atoms with Crippen molar-refractivity contribution in [2.75, 3.05) is 13.2 Å². The second-order valence-electron chi connectivity index (χ2n) is 5.21. The maximum atomic E-state index is 12.0. The fraction of sp³-hybridized carbons (Fsp3) is 0.600. The van der Waals surface area contributed by atoms with E-state index in [1.807, 2.05) is 12.1 Å². The van der Waals surface area contributed by atoms with Gasteiger partial charge in [0.05, 0.1) is 0 Å². The van der Waals surface area contributed by atoms with Crippen LogP contribution in [0.25, 0.3) is 0 Å². The molecule has 1 aromatic carbocycles. The summed E-state index contributed by atoms with van der Waals surface area (Å²) in [5, 5.41) is 0. The van der Waals surface area contributed by atoms with Gasteiger partial charge in [-0.2, -0.15) is 13.2 Å². The molecule has 2 rings (SSSR count). The van der Waals surface area contributed by atoms with Gasteiger partial charge in [-0.3, -0.25) is 0 Å². The molecular weight excluding hydrogens is 333 g/mol. The highest BCUT2D eigenvalue weighted by Gasteiger charge is 2.28. The standard InChI is InChI=1S/C15H18BrF3O/c16-14-12(8-9-20-10-15(17,18)19)6-3-5-11-4-1-2-7-13(11)14/h1-2,4,7,12,14H,3,5-6,8-10H2. The van der Waals surface area contributed by atoms with E-state index in [-0.39, 0.29) is 11.4 Å². The van der Waals surface area contributed by atoms with E-state index < -0.39 is 12.8 Å². The molecule has 5 heteroatoms. The van der Waals surface area contributed by atoms with Gasteiger partial charge < -0.3 is 4.74 Å². The van der Waals surface area contributed by atoms with Gasteiger partial charge in [0.1, 0.15) is 6.61 Å². The summed E-state index contributed by atoms with van der Waals surface area (Å²) >= 11 is 3.72. The average Bonchev–Trinajstić information content (AvgIpc) is 2.54. The van der Waals surface area contributed by atoms with Crippen molar-refractivity contribution in [3.05, 3.63) is 35.4 Å². The molecule has 0 amide bonds. The molecule has 0 fully saturated rings. The lowest BCUT2D eigenvalue weighted by molar-refractivity contribution is -0.174. The number of fused-ring (bicyclic) bond motifs is 1. The van der Waals surface area contributed by atoms with Crippen LogP contribution in [0.4, 0.5) is 13.2 Å². The Kier molecular flexibility index (Phi) is 5.49. The third kappa shape index (κ3) is 4.48. The highest BCUT2D eigenvalue weighted by Crippen LogP contribution is 2.40. The molecule has 0 saturated carbocycles. The van der Waals surface area contributed by atoms with E-state index in [4.69, 9.17) is 4.74 Å². The molecule has 0 aliphatic heterocycles. The maximum absolute atomic E-state index is 12.0. The van der Waals surface area contributed by atoms with E-state index in [1.54, 1.807) is 0 Å². The summed E-state index contributed by atoms with van der Waals surface area (Å²) in [4.78, 5) is 0.204. The van der Waals surface area contributed by atoms with Crippen LogP contribution in [-0.2, 0) is 11.2 Å². The van der Waals surface area contributed by atoms with E-state index in [0.29, 0.717) is 12.3 Å². The molecule has 0 saturated heterocycles. The van der Waals surface area contributed by atoms with Crippen molar-refractivity contribution in [3.63, 3.8) is 0 Å². The largest absolute Gasteiger partial charge is 0.411 e. The molecule has 1 aliphatic rings. The molecule has 20 heavy (non-hydrogen) atoms. The minimum Gasteiger partial charge on any atom is -0.372 e. The zero-order valence-electron chi connectivity index (χ0n) is 11.1. The Labute approximate surface area is 125 Å². The SMILES string of the molecule is FC(F)(F)COCCC1CCCc2ccccc2C1Br. The topological polar surface area (TPSA) is 9.23 Å². The van der Waals surface area contributed by atoms with Crippen molar-refractivity contribution in [2.24, 2.45) is 5.92 Å². The van der Waals surface area contributed by atoms with Crippen molar-refractivity contribution in [2.45, 2.75) is 36.7 Å². The number of hydrogen-bond acceptors (Lipinski definition) is 1. The Hall–Kier alpha value is -0.550. The summed E-state index contributed by atoms with van der Waals surface area (Å²) in [6, 6.07) is 8.27. The predicted octanol–water partition coefficient (Wildman–Crippen LogP) is 5.04. The number of halogens is 4. The number of hydrogen-bond donors (Lipinski definition) is 0. The number of alkyl halides is 4. The van der Waals surface area contributed by atoms with Gasteiger partial charge in [-0.1, -0.05) is 40.2 Å². The van der Waals surface area contributed by atoms with Crippen molar-refractivity contribution < 1.29 is 17.9 Å². The second-order valence-corrected chi connectivity index (χ2v) is 6.20. The van der Waals surface area contributed by atoms with Crippen LogP contribution in [-0.4, -0.2) is 19.4 Å². The third-order valence-corrected chi connectivity index (χ3v) is 4.93. The lowest BCUT2D eigenvalue weighted by atomic mass is 9.94. The zero-order chi connectivity index (χ0) is 14.6. The first-order valence-electron chi connectivity index (χ1n) is 6.84. The summed E-state index contributed by atoms with van der Waals surface area (Å²) in [5.74, 6) is 0.326. The molecule has 1 nitrogen and oxygen atoms in total. The number of aryl methyl sites for hydroxylation is 1. The van der Waals surface area contributed by atoms with E-state index >= 15 is 0 Å². The highest BCUT2D eigenvalue weighted by molar-refractivity contribution is 9.09. The number of benzene rings is 1. The first-order chi connectivity index (χ1) is 9.47. The number of rotatable bonds is 4.